The van der Waals surface area contributed by atoms with Crippen LogP contribution in [0.4, 0.5) is 11.4 Å². The summed E-state index contributed by atoms with van der Waals surface area (Å²) in [6.45, 7) is 2.01. The molecule has 0 radical (unpaired) electrons. The number of rotatable bonds is 7. The van der Waals surface area contributed by atoms with Crippen LogP contribution in [0.2, 0.25) is 0 Å². The van der Waals surface area contributed by atoms with Crippen LogP contribution in [0.25, 0.3) is 0 Å². The van der Waals surface area contributed by atoms with Gasteiger partial charge in [0.25, 0.3) is 15.9 Å². The molecule has 0 aromatic heterocycles. The zero-order valence-electron chi connectivity index (χ0n) is 17.0. The van der Waals surface area contributed by atoms with Crippen LogP contribution in [0.5, 0.6) is 0 Å². The molecule has 3 aromatic carbocycles. The Bertz CT molecular complexity index is 1270. The molecule has 9 heteroatoms. The molecule has 0 spiro atoms. The minimum Gasteiger partial charge on any atom is -0.322 e. The number of benzene rings is 3. The number of hydrogen-bond donors (Lipinski definition) is 1. The van der Waals surface area contributed by atoms with Crippen LogP contribution in [0.3, 0.4) is 0 Å². The second-order valence-electron chi connectivity index (χ2n) is 6.78. The normalized spacial score (nSPS) is 11.7. The molecule has 1 amide bonds. The summed E-state index contributed by atoms with van der Waals surface area (Å²) in [5.41, 5.74) is 1.26. The Morgan fingerprint density at radius 1 is 0.806 bits per heavy atom. The van der Waals surface area contributed by atoms with E-state index in [0.717, 1.165) is 6.26 Å². The van der Waals surface area contributed by atoms with Gasteiger partial charge in [0.15, 0.2) is 9.84 Å². The average Bonchev–Trinajstić information content (AvgIpc) is 2.74. The maximum Gasteiger partial charge on any atom is 0.264 e. The summed E-state index contributed by atoms with van der Waals surface area (Å²) in [5, 5.41) is 2.66. The van der Waals surface area contributed by atoms with Gasteiger partial charge in [-0.2, -0.15) is 0 Å². The van der Waals surface area contributed by atoms with Gasteiger partial charge in [0.1, 0.15) is 0 Å². The molecule has 1 N–H and O–H groups in total. The second-order valence-corrected chi connectivity index (χ2v) is 10.7. The molecule has 0 saturated carbocycles. The van der Waals surface area contributed by atoms with Gasteiger partial charge in [0, 0.05) is 24.1 Å². The first kappa shape index (κ1) is 22.5. The van der Waals surface area contributed by atoms with Crippen LogP contribution in [0, 0.1) is 0 Å². The molecule has 0 aliphatic heterocycles. The van der Waals surface area contributed by atoms with Crippen LogP contribution in [-0.2, 0) is 19.9 Å². The topological polar surface area (TPSA) is 101 Å². The van der Waals surface area contributed by atoms with Gasteiger partial charge >= 0.3 is 0 Å². The summed E-state index contributed by atoms with van der Waals surface area (Å²) in [4.78, 5) is 12.7. The van der Waals surface area contributed by atoms with Crippen molar-refractivity contribution in [2.75, 3.05) is 22.4 Å². The van der Waals surface area contributed by atoms with E-state index in [1.807, 2.05) is 6.07 Å². The molecule has 162 valence electrons. The van der Waals surface area contributed by atoms with Crippen LogP contribution in [0.15, 0.2) is 88.7 Å². The summed E-state index contributed by atoms with van der Waals surface area (Å²) < 4.78 is 50.4. The molecule has 0 heterocycles. The molecular weight excluding hydrogens is 436 g/mol. The molecule has 0 unspecified atom stereocenters. The Balaban J connectivity index is 1.78. The fraction of sp³-hybridized carbons (Fsp3) is 0.136. The van der Waals surface area contributed by atoms with Crippen LogP contribution in [0.1, 0.15) is 17.3 Å². The molecule has 0 aliphatic carbocycles. The lowest BCUT2D eigenvalue weighted by atomic mass is 10.2. The fourth-order valence-electron chi connectivity index (χ4n) is 2.98. The van der Waals surface area contributed by atoms with E-state index in [4.69, 9.17) is 0 Å². The molecule has 31 heavy (non-hydrogen) atoms. The second kappa shape index (κ2) is 8.91. The highest BCUT2D eigenvalue weighted by molar-refractivity contribution is 7.92. The molecular formula is C22H22N2O5S2. The maximum atomic E-state index is 13.0. The molecule has 3 aromatic rings. The van der Waals surface area contributed by atoms with Gasteiger partial charge in [-0.25, -0.2) is 16.8 Å². The summed E-state index contributed by atoms with van der Waals surface area (Å²) in [6.07, 6.45) is 1.10. The number of nitrogens with zero attached hydrogens (tertiary/aromatic N) is 1. The lowest BCUT2D eigenvalue weighted by Crippen LogP contribution is -2.30. The number of amides is 1. The van der Waals surface area contributed by atoms with Crippen molar-refractivity contribution in [2.45, 2.75) is 16.7 Å². The summed E-state index contributed by atoms with van der Waals surface area (Å²) in [5.74, 6) is -0.438. The predicted molar refractivity (Wildman–Crippen MR) is 121 cm³/mol. The Morgan fingerprint density at radius 3 is 1.87 bits per heavy atom. The van der Waals surface area contributed by atoms with Crippen LogP contribution < -0.4 is 9.62 Å². The number of sulfone groups is 1. The number of nitrogens with one attached hydrogen (secondary N) is 1. The first-order valence-electron chi connectivity index (χ1n) is 9.42. The van der Waals surface area contributed by atoms with E-state index in [9.17, 15) is 21.6 Å². The highest BCUT2D eigenvalue weighted by Crippen LogP contribution is 2.23. The van der Waals surface area contributed by atoms with Crippen LogP contribution in [-0.4, -0.2) is 35.5 Å². The highest BCUT2D eigenvalue weighted by Gasteiger charge is 2.23. The molecule has 0 atom stereocenters. The van der Waals surface area contributed by atoms with Gasteiger partial charge in [-0.3, -0.25) is 9.10 Å². The summed E-state index contributed by atoms with van der Waals surface area (Å²) in [7, 11) is -7.10. The van der Waals surface area contributed by atoms with E-state index in [2.05, 4.69) is 5.32 Å². The van der Waals surface area contributed by atoms with Crippen molar-refractivity contribution in [1.29, 1.82) is 0 Å². The molecule has 7 nitrogen and oxygen atoms in total. The van der Waals surface area contributed by atoms with Crippen molar-refractivity contribution in [3.63, 3.8) is 0 Å². The smallest absolute Gasteiger partial charge is 0.264 e. The standard InChI is InChI=1S/C22H22N2O5S2/c1-3-24(19-7-5-4-6-8-19)31(28,29)21-13-9-17(10-14-21)22(25)23-18-11-15-20(16-12-18)30(2,26)27/h4-16H,3H2,1-2H3,(H,23,25). The van der Waals surface area contributed by atoms with Crippen molar-refractivity contribution in [1.82, 2.24) is 0 Å². The minimum absolute atomic E-state index is 0.0762. The van der Waals surface area contributed by atoms with Crippen molar-refractivity contribution in [2.24, 2.45) is 0 Å². The zero-order valence-corrected chi connectivity index (χ0v) is 18.7. The van der Waals surface area contributed by atoms with Crippen molar-refractivity contribution >= 4 is 37.1 Å². The highest BCUT2D eigenvalue weighted by atomic mass is 32.2. The first-order valence-corrected chi connectivity index (χ1v) is 12.8. The number of para-hydroxylation sites is 1. The van der Waals surface area contributed by atoms with E-state index >= 15 is 0 Å². The Morgan fingerprint density at radius 2 is 1.35 bits per heavy atom. The van der Waals surface area contributed by atoms with E-state index in [1.54, 1.807) is 31.2 Å². The third-order valence-corrected chi connectivity index (χ3v) is 7.62. The Kier molecular flexibility index (Phi) is 6.47. The third-order valence-electron chi connectivity index (χ3n) is 4.58. The number of carbonyl (C=O) groups is 1. The Labute approximate surface area is 182 Å². The van der Waals surface area contributed by atoms with E-state index in [-0.39, 0.29) is 21.9 Å². The molecule has 0 fully saturated rings. The minimum atomic E-state index is -3.78. The predicted octanol–water partition coefficient (Wildman–Crippen LogP) is 3.56. The lowest BCUT2D eigenvalue weighted by Gasteiger charge is -2.23. The third kappa shape index (κ3) is 5.12. The lowest BCUT2D eigenvalue weighted by molar-refractivity contribution is 0.102. The number of sulfonamides is 1. The summed E-state index contributed by atoms with van der Waals surface area (Å²) >= 11 is 0. The zero-order chi connectivity index (χ0) is 22.6. The van der Waals surface area contributed by atoms with Gasteiger partial charge in [0.05, 0.1) is 15.5 Å². The number of hydrogen-bond acceptors (Lipinski definition) is 5. The first-order chi connectivity index (χ1) is 14.6. The molecule has 0 aliphatic rings. The quantitative estimate of drug-likeness (QED) is 0.583. The van der Waals surface area contributed by atoms with Gasteiger partial charge < -0.3 is 5.32 Å². The number of carbonyl (C=O) groups excluding carboxylic acids is 1. The van der Waals surface area contributed by atoms with Gasteiger partial charge in [-0.05, 0) is 67.6 Å². The molecule has 0 bridgehead atoms. The largest absolute Gasteiger partial charge is 0.322 e. The van der Waals surface area contributed by atoms with E-state index < -0.39 is 25.8 Å². The average molecular weight is 459 g/mol. The maximum absolute atomic E-state index is 13.0. The molecule has 0 saturated heterocycles. The monoisotopic (exact) mass is 458 g/mol. The van der Waals surface area contributed by atoms with Crippen molar-refractivity contribution in [3.05, 3.63) is 84.4 Å². The van der Waals surface area contributed by atoms with Gasteiger partial charge in [0.2, 0.25) is 0 Å². The fourth-order valence-corrected chi connectivity index (χ4v) is 5.08. The van der Waals surface area contributed by atoms with E-state index in [0.29, 0.717) is 11.4 Å². The van der Waals surface area contributed by atoms with Crippen LogP contribution >= 0.6 is 0 Å². The van der Waals surface area contributed by atoms with Crippen molar-refractivity contribution in [3.8, 4) is 0 Å². The van der Waals surface area contributed by atoms with Gasteiger partial charge in [-0.15, -0.1) is 0 Å². The number of anilines is 2. The summed E-state index contributed by atoms with van der Waals surface area (Å²) in [6, 6.07) is 20.2. The Hall–Kier alpha value is -3.17. The van der Waals surface area contributed by atoms with E-state index in [1.165, 1.54) is 52.8 Å². The SMILES string of the molecule is CCN(c1ccccc1)S(=O)(=O)c1ccc(C(=O)Nc2ccc(S(C)(=O)=O)cc2)cc1. The molecule has 3 rings (SSSR count). The van der Waals surface area contributed by atoms with Crippen molar-refractivity contribution < 1.29 is 21.6 Å². The van der Waals surface area contributed by atoms with Gasteiger partial charge in [-0.1, -0.05) is 18.2 Å².